The molecule has 1 aromatic carbocycles. The van der Waals surface area contributed by atoms with Gasteiger partial charge in [0.15, 0.2) is 0 Å². The maximum Gasteiger partial charge on any atom is 0.228 e. The number of benzene rings is 1. The molecular weight excluding hydrogens is 398 g/mol. The highest BCUT2D eigenvalue weighted by Crippen LogP contribution is 2.32. The first-order valence-electron chi connectivity index (χ1n) is 10.9. The van der Waals surface area contributed by atoms with Gasteiger partial charge in [0.05, 0.1) is 6.04 Å². The zero-order valence-electron chi connectivity index (χ0n) is 17.8. The summed E-state index contributed by atoms with van der Waals surface area (Å²) in [6, 6.07) is 10.6. The normalized spacial score (nSPS) is 18.5. The fraction of sp³-hybridized carbons (Fsp3) is 0.522. The van der Waals surface area contributed by atoms with Gasteiger partial charge in [-0.2, -0.15) is 4.98 Å². The van der Waals surface area contributed by atoms with Crippen molar-refractivity contribution in [1.29, 1.82) is 0 Å². The highest BCUT2D eigenvalue weighted by molar-refractivity contribution is 6.29. The predicted molar refractivity (Wildman–Crippen MR) is 121 cm³/mol. The van der Waals surface area contributed by atoms with Crippen LogP contribution in [0.25, 0.3) is 0 Å². The molecule has 0 spiro atoms. The number of hydrogen-bond acceptors (Lipinski definition) is 5. The largest absolute Gasteiger partial charge is 0.356 e. The van der Waals surface area contributed by atoms with E-state index >= 15 is 0 Å². The Balaban J connectivity index is 1.39. The molecule has 0 radical (unpaired) electrons. The molecule has 1 unspecified atom stereocenters. The van der Waals surface area contributed by atoms with Gasteiger partial charge in [0.25, 0.3) is 0 Å². The fourth-order valence-electron chi connectivity index (χ4n) is 4.50. The Morgan fingerprint density at radius 3 is 2.37 bits per heavy atom. The summed E-state index contributed by atoms with van der Waals surface area (Å²) < 4.78 is 0. The maximum absolute atomic E-state index is 11.3. The maximum atomic E-state index is 11.3. The zero-order valence-corrected chi connectivity index (χ0v) is 18.5. The lowest BCUT2D eigenvalue weighted by Gasteiger charge is -2.33. The van der Waals surface area contributed by atoms with Crippen LogP contribution in [0.1, 0.15) is 62.6 Å². The van der Waals surface area contributed by atoms with E-state index < -0.39 is 0 Å². The van der Waals surface area contributed by atoms with Crippen molar-refractivity contribution in [3.05, 3.63) is 46.6 Å². The van der Waals surface area contributed by atoms with E-state index in [4.69, 9.17) is 16.6 Å². The Bertz CT molecular complexity index is 874. The third-order valence-electron chi connectivity index (χ3n) is 6.21. The summed E-state index contributed by atoms with van der Waals surface area (Å²) >= 11 is 6.31. The topological polar surface area (TPSA) is 61.4 Å². The van der Waals surface area contributed by atoms with Crippen molar-refractivity contribution in [3.8, 4) is 0 Å². The molecule has 2 fully saturated rings. The van der Waals surface area contributed by atoms with Crippen molar-refractivity contribution in [2.45, 2.75) is 51.5 Å². The van der Waals surface area contributed by atoms with Crippen LogP contribution in [0.15, 0.2) is 30.3 Å². The van der Waals surface area contributed by atoms with E-state index in [1.165, 1.54) is 18.4 Å². The molecule has 2 aliphatic heterocycles. The second kappa shape index (κ2) is 9.21. The summed E-state index contributed by atoms with van der Waals surface area (Å²) in [5.41, 5.74) is 2.50. The summed E-state index contributed by atoms with van der Waals surface area (Å²) in [5, 5.41) is 3.46. The number of halogens is 1. The molecule has 1 N–H and O–H groups in total. The van der Waals surface area contributed by atoms with Crippen LogP contribution in [0.2, 0.25) is 5.15 Å². The van der Waals surface area contributed by atoms with Gasteiger partial charge in [0.2, 0.25) is 11.9 Å². The Hall–Kier alpha value is -2.34. The van der Waals surface area contributed by atoms with Crippen molar-refractivity contribution >= 4 is 29.3 Å². The molecule has 7 heteroatoms. The second-order valence-electron chi connectivity index (χ2n) is 8.39. The summed E-state index contributed by atoms with van der Waals surface area (Å²) in [4.78, 5) is 25.1. The van der Waals surface area contributed by atoms with Crippen LogP contribution >= 0.6 is 11.6 Å². The van der Waals surface area contributed by atoms with E-state index in [2.05, 4.69) is 44.4 Å². The van der Waals surface area contributed by atoms with Crippen LogP contribution in [0.3, 0.4) is 0 Å². The summed E-state index contributed by atoms with van der Waals surface area (Å²) in [7, 11) is 0. The van der Waals surface area contributed by atoms with Crippen molar-refractivity contribution in [1.82, 2.24) is 15.3 Å². The fourth-order valence-corrected chi connectivity index (χ4v) is 4.67. The number of nitrogens with zero attached hydrogens (tertiary/aromatic N) is 4. The average Bonchev–Trinajstić information content (AvgIpc) is 3.28. The van der Waals surface area contributed by atoms with Gasteiger partial charge in [0, 0.05) is 39.2 Å². The molecule has 0 saturated carbocycles. The van der Waals surface area contributed by atoms with Crippen LogP contribution in [-0.2, 0) is 4.79 Å². The Kier molecular flexibility index (Phi) is 6.42. The highest BCUT2D eigenvalue weighted by atomic mass is 35.5. The standard InChI is InChI=1S/C23H30ClN5O/c1-16(25-17(2)30)18-5-7-19(8-6-18)20-9-13-28(14-10-20)22-15-21(24)26-23(27-22)29-11-3-4-12-29/h5-8,15-16,20H,3-4,9-14H2,1-2H3,(H,25,30). The molecule has 160 valence electrons. The average molecular weight is 428 g/mol. The number of amides is 1. The van der Waals surface area contributed by atoms with Gasteiger partial charge >= 0.3 is 0 Å². The predicted octanol–water partition coefficient (Wildman–Crippen LogP) is 4.31. The molecule has 2 saturated heterocycles. The molecule has 30 heavy (non-hydrogen) atoms. The summed E-state index contributed by atoms with van der Waals surface area (Å²) in [6.45, 7) is 7.51. The van der Waals surface area contributed by atoms with E-state index in [-0.39, 0.29) is 11.9 Å². The van der Waals surface area contributed by atoms with Crippen LogP contribution in [0.5, 0.6) is 0 Å². The number of anilines is 2. The zero-order chi connectivity index (χ0) is 21.1. The molecule has 6 nitrogen and oxygen atoms in total. The Labute approximate surface area is 183 Å². The van der Waals surface area contributed by atoms with E-state index in [1.54, 1.807) is 6.92 Å². The van der Waals surface area contributed by atoms with Crippen molar-refractivity contribution in [2.75, 3.05) is 36.0 Å². The van der Waals surface area contributed by atoms with Crippen LogP contribution < -0.4 is 15.1 Å². The molecule has 1 aromatic heterocycles. The van der Waals surface area contributed by atoms with Gasteiger partial charge in [-0.25, -0.2) is 4.98 Å². The van der Waals surface area contributed by atoms with E-state index in [1.807, 2.05) is 13.0 Å². The van der Waals surface area contributed by atoms with Crippen LogP contribution in [-0.4, -0.2) is 42.1 Å². The van der Waals surface area contributed by atoms with E-state index in [0.29, 0.717) is 11.1 Å². The molecule has 4 rings (SSSR count). The number of rotatable bonds is 5. The molecule has 0 bridgehead atoms. The number of hydrogen-bond donors (Lipinski definition) is 1. The monoisotopic (exact) mass is 427 g/mol. The van der Waals surface area contributed by atoms with Gasteiger partial charge in [-0.05, 0) is 49.7 Å². The molecule has 2 aromatic rings. The first kappa shape index (κ1) is 20.9. The lowest BCUT2D eigenvalue weighted by Crippen LogP contribution is -2.34. The third kappa shape index (κ3) is 4.86. The first-order chi connectivity index (χ1) is 14.5. The molecule has 2 aliphatic rings. The minimum atomic E-state index is -0.00309. The Morgan fingerprint density at radius 2 is 1.73 bits per heavy atom. The van der Waals surface area contributed by atoms with Gasteiger partial charge in [-0.3, -0.25) is 4.79 Å². The molecule has 1 amide bonds. The summed E-state index contributed by atoms with van der Waals surface area (Å²) in [6.07, 6.45) is 4.56. The first-order valence-corrected chi connectivity index (χ1v) is 11.3. The molecular formula is C23H30ClN5O. The van der Waals surface area contributed by atoms with E-state index in [9.17, 15) is 4.79 Å². The van der Waals surface area contributed by atoms with Gasteiger partial charge in [-0.15, -0.1) is 0 Å². The molecule has 1 atom stereocenters. The minimum Gasteiger partial charge on any atom is -0.356 e. The van der Waals surface area contributed by atoms with Crippen LogP contribution in [0, 0.1) is 0 Å². The van der Waals surface area contributed by atoms with Crippen LogP contribution in [0.4, 0.5) is 11.8 Å². The second-order valence-corrected chi connectivity index (χ2v) is 8.78. The lowest BCUT2D eigenvalue weighted by atomic mass is 9.88. The molecule has 0 aliphatic carbocycles. The quantitative estimate of drug-likeness (QED) is 0.720. The summed E-state index contributed by atoms with van der Waals surface area (Å²) in [5.74, 6) is 2.24. The van der Waals surface area contributed by atoms with Gasteiger partial charge in [-0.1, -0.05) is 35.9 Å². The highest BCUT2D eigenvalue weighted by Gasteiger charge is 2.24. The molecule has 3 heterocycles. The number of aromatic nitrogens is 2. The van der Waals surface area contributed by atoms with Gasteiger partial charge in [0.1, 0.15) is 11.0 Å². The number of carbonyl (C=O) groups is 1. The SMILES string of the molecule is CC(=O)NC(C)c1ccc(C2CCN(c3cc(Cl)nc(N4CCCC4)n3)CC2)cc1. The number of carbonyl (C=O) groups excluding carboxylic acids is 1. The van der Waals surface area contributed by atoms with Gasteiger partial charge < -0.3 is 15.1 Å². The Morgan fingerprint density at radius 1 is 1.07 bits per heavy atom. The minimum absolute atomic E-state index is 0.00309. The smallest absolute Gasteiger partial charge is 0.228 e. The van der Waals surface area contributed by atoms with Crippen molar-refractivity contribution < 1.29 is 4.79 Å². The third-order valence-corrected chi connectivity index (χ3v) is 6.40. The van der Waals surface area contributed by atoms with E-state index in [0.717, 1.165) is 56.4 Å². The van der Waals surface area contributed by atoms with Crippen molar-refractivity contribution in [2.24, 2.45) is 0 Å². The van der Waals surface area contributed by atoms with Crippen molar-refractivity contribution in [3.63, 3.8) is 0 Å². The number of piperidine rings is 1. The number of nitrogens with one attached hydrogen (secondary N) is 1. The lowest BCUT2D eigenvalue weighted by molar-refractivity contribution is -0.119.